The molecule has 1 fully saturated rings. The Morgan fingerprint density at radius 3 is 2.63 bits per heavy atom. The van der Waals surface area contributed by atoms with Crippen molar-refractivity contribution in [2.24, 2.45) is 11.8 Å². The first-order valence-electron chi connectivity index (χ1n) is 8.86. The van der Waals surface area contributed by atoms with E-state index in [1.807, 2.05) is 18.2 Å². The Balaban J connectivity index is 1.62. The van der Waals surface area contributed by atoms with Crippen LogP contribution < -0.4 is 14.8 Å². The van der Waals surface area contributed by atoms with Crippen molar-refractivity contribution in [1.29, 1.82) is 0 Å². The number of carbonyl (C=O) groups is 2. The van der Waals surface area contributed by atoms with Gasteiger partial charge in [0, 0.05) is 6.07 Å². The lowest BCUT2D eigenvalue weighted by atomic mass is 10.1. The number of aliphatic carboxylic acids is 1. The highest BCUT2D eigenvalue weighted by molar-refractivity contribution is 5.98. The standard InChI is InChI=1S/C20H22N2O5/c1-3-4-12-5-7-16(17(9-12)26-2)27-18-8-6-13(11-21-18)22-19(23)14-10-15(14)20(24)25/h5-9,11,14-15H,3-4,10H2,1-2H3,(H,22,23)(H,24,25)/t14-,15+/m1/s1. The largest absolute Gasteiger partial charge is 0.493 e. The Hall–Kier alpha value is -3.09. The van der Waals surface area contributed by atoms with Gasteiger partial charge >= 0.3 is 5.97 Å². The van der Waals surface area contributed by atoms with Crippen LogP contribution in [-0.4, -0.2) is 29.1 Å². The van der Waals surface area contributed by atoms with E-state index >= 15 is 0 Å². The van der Waals surface area contributed by atoms with Gasteiger partial charge in [0.25, 0.3) is 0 Å². The molecule has 2 aromatic rings. The van der Waals surface area contributed by atoms with Crippen molar-refractivity contribution in [3.63, 3.8) is 0 Å². The second kappa shape index (κ2) is 8.07. The predicted molar refractivity (Wildman–Crippen MR) is 99.2 cm³/mol. The molecular weight excluding hydrogens is 348 g/mol. The molecule has 1 amide bonds. The van der Waals surface area contributed by atoms with Crippen molar-refractivity contribution in [2.75, 3.05) is 12.4 Å². The molecule has 1 aliphatic carbocycles. The number of benzene rings is 1. The zero-order valence-corrected chi connectivity index (χ0v) is 15.3. The van der Waals surface area contributed by atoms with Gasteiger partial charge in [-0.15, -0.1) is 0 Å². The van der Waals surface area contributed by atoms with E-state index in [0.29, 0.717) is 29.5 Å². The molecule has 1 aliphatic rings. The molecule has 1 aromatic carbocycles. The summed E-state index contributed by atoms with van der Waals surface area (Å²) in [7, 11) is 1.59. The molecule has 1 saturated carbocycles. The maximum absolute atomic E-state index is 12.0. The number of ether oxygens (including phenoxy) is 2. The van der Waals surface area contributed by atoms with E-state index in [4.69, 9.17) is 14.6 Å². The molecule has 0 spiro atoms. The van der Waals surface area contributed by atoms with E-state index < -0.39 is 17.8 Å². The fourth-order valence-corrected chi connectivity index (χ4v) is 2.86. The molecule has 0 aliphatic heterocycles. The number of nitrogens with one attached hydrogen (secondary N) is 1. The number of carbonyl (C=O) groups excluding carboxylic acids is 1. The summed E-state index contributed by atoms with van der Waals surface area (Å²) in [4.78, 5) is 27.0. The molecule has 1 heterocycles. The minimum absolute atomic E-state index is 0.300. The van der Waals surface area contributed by atoms with Crippen LogP contribution in [0.4, 0.5) is 5.69 Å². The van der Waals surface area contributed by atoms with Crippen molar-refractivity contribution in [3.05, 3.63) is 42.1 Å². The van der Waals surface area contributed by atoms with Crippen LogP contribution in [0.15, 0.2) is 36.5 Å². The third-order valence-corrected chi connectivity index (χ3v) is 4.43. The van der Waals surface area contributed by atoms with Gasteiger partial charge < -0.3 is 19.9 Å². The van der Waals surface area contributed by atoms with Crippen LogP contribution in [0.1, 0.15) is 25.3 Å². The highest BCUT2D eigenvalue weighted by Gasteiger charge is 2.48. The minimum Gasteiger partial charge on any atom is -0.493 e. The number of carboxylic acid groups (broad SMARTS) is 1. The highest BCUT2D eigenvalue weighted by Crippen LogP contribution is 2.39. The number of methoxy groups -OCH3 is 1. The van der Waals surface area contributed by atoms with Gasteiger partial charge in [-0.3, -0.25) is 9.59 Å². The first-order valence-corrected chi connectivity index (χ1v) is 8.86. The number of aromatic nitrogens is 1. The van der Waals surface area contributed by atoms with Gasteiger partial charge in [0.15, 0.2) is 11.5 Å². The lowest BCUT2D eigenvalue weighted by molar-refractivity contribution is -0.139. The molecule has 0 bridgehead atoms. The van der Waals surface area contributed by atoms with Gasteiger partial charge in [-0.2, -0.15) is 0 Å². The van der Waals surface area contributed by atoms with Gasteiger partial charge in [0.1, 0.15) is 0 Å². The van der Waals surface area contributed by atoms with E-state index in [2.05, 4.69) is 17.2 Å². The quantitative estimate of drug-likeness (QED) is 0.738. The van der Waals surface area contributed by atoms with Crippen LogP contribution in [0.2, 0.25) is 0 Å². The normalized spacial score (nSPS) is 17.9. The summed E-state index contributed by atoms with van der Waals surface area (Å²) in [5.41, 5.74) is 1.67. The number of hydrogen-bond acceptors (Lipinski definition) is 5. The van der Waals surface area contributed by atoms with E-state index in [1.165, 1.54) is 11.8 Å². The molecule has 0 radical (unpaired) electrons. The van der Waals surface area contributed by atoms with Gasteiger partial charge in [-0.1, -0.05) is 19.4 Å². The number of carboxylic acids is 1. The number of anilines is 1. The summed E-state index contributed by atoms with van der Waals surface area (Å²) in [6.07, 6.45) is 3.87. The van der Waals surface area contributed by atoms with Crippen LogP contribution in [-0.2, 0) is 16.0 Å². The number of nitrogens with zero attached hydrogens (tertiary/aromatic N) is 1. The smallest absolute Gasteiger partial charge is 0.307 e. The zero-order valence-electron chi connectivity index (χ0n) is 15.3. The summed E-state index contributed by atoms with van der Waals surface area (Å²) < 4.78 is 11.2. The number of amides is 1. The molecule has 142 valence electrons. The number of aryl methyl sites for hydroxylation is 1. The molecule has 27 heavy (non-hydrogen) atoms. The third-order valence-electron chi connectivity index (χ3n) is 4.43. The number of rotatable bonds is 8. The van der Waals surface area contributed by atoms with Crippen molar-refractivity contribution in [1.82, 2.24) is 4.98 Å². The van der Waals surface area contributed by atoms with E-state index in [-0.39, 0.29) is 5.91 Å². The molecule has 7 nitrogen and oxygen atoms in total. The maximum atomic E-state index is 12.0. The van der Waals surface area contributed by atoms with Gasteiger partial charge in [0.2, 0.25) is 11.8 Å². The summed E-state index contributed by atoms with van der Waals surface area (Å²) in [5, 5.41) is 11.6. The fourth-order valence-electron chi connectivity index (χ4n) is 2.86. The predicted octanol–water partition coefficient (Wildman–Crippen LogP) is 3.49. The zero-order chi connectivity index (χ0) is 19.4. The summed E-state index contributed by atoms with van der Waals surface area (Å²) in [6.45, 7) is 2.12. The Morgan fingerprint density at radius 1 is 1.22 bits per heavy atom. The maximum Gasteiger partial charge on any atom is 0.307 e. The van der Waals surface area contributed by atoms with E-state index in [1.54, 1.807) is 19.2 Å². The first kappa shape index (κ1) is 18.7. The van der Waals surface area contributed by atoms with Crippen LogP contribution in [0.5, 0.6) is 17.4 Å². The Kier molecular flexibility index (Phi) is 5.59. The lowest BCUT2D eigenvalue weighted by Crippen LogP contribution is -2.16. The second-order valence-corrected chi connectivity index (χ2v) is 6.50. The summed E-state index contributed by atoms with van der Waals surface area (Å²) in [5.74, 6) is -0.725. The van der Waals surface area contributed by atoms with Crippen molar-refractivity contribution in [3.8, 4) is 17.4 Å². The number of pyridine rings is 1. The summed E-state index contributed by atoms with van der Waals surface area (Å²) >= 11 is 0. The van der Waals surface area contributed by atoms with E-state index in [0.717, 1.165) is 12.8 Å². The molecular formula is C20H22N2O5. The fraction of sp³-hybridized carbons (Fsp3) is 0.350. The van der Waals surface area contributed by atoms with Crippen LogP contribution in [0, 0.1) is 11.8 Å². The van der Waals surface area contributed by atoms with Crippen LogP contribution in [0.3, 0.4) is 0 Å². The van der Waals surface area contributed by atoms with Crippen molar-refractivity contribution >= 4 is 17.6 Å². The van der Waals surface area contributed by atoms with Crippen molar-refractivity contribution in [2.45, 2.75) is 26.2 Å². The Labute approximate surface area is 157 Å². The minimum atomic E-state index is -0.934. The first-order chi connectivity index (χ1) is 13.0. The number of hydrogen-bond donors (Lipinski definition) is 2. The topological polar surface area (TPSA) is 97.8 Å². The van der Waals surface area contributed by atoms with E-state index in [9.17, 15) is 9.59 Å². The van der Waals surface area contributed by atoms with Gasteiger partial charge in [-0.05, 0) is 36.6 Å². The summed E-state index contributed by atoms with van der Waals surface area (Å²) in [6, 6.07) is 9.08. The van der Waals surface area contributed by atoms with Crippen LogP contribution in [0.25, 0.3) is 0 Å². The van der Waals surface area contributed by atoms with Gasteiger partial charge in [-0.25, -0.2) is 4.98 Å². The lowest BCUT2D eigenvalue weighted by Gasteiger charge is -2.11. The van der Waals surface area contributed by atoms with Crippen LogP contribution >= 0.6 is 0 Å². The molecule has 2 atom stereocenters. The molecule has 0 unspecified atom stereocenters. The molecule has 1 aromatic heterocycles. The monoisotopic (exact) mass is 370 g/mol. The highest BCUT2D eigenvalue weighted by atomic mass is 16.5. The second-order valence-electron chi connectivity index (χ2n) is 6.50. The molecule has 3 rings (SSSR count). The van der Waals surface area contributed by atoms with Crippen molar-refractivity contribution < 1.29 is 24.2 Å². The third kappa shape index (κ3) is 4.55. The average molecular weight is 370 g/mol. The van der Waals surface area contributed by atoms with Gasteiger partial charge in [0.05, 0.1) is 30.8 Å². The average Bonchev–Trinajstić information content (AvgIpc) is 3.46. The Bertz CT molecular complexity index is 835. The molecule has 2 N–H and O–H groups in total. The Morgan fingerprint density at radius 2 is 2.04 bits per heavy atom. The molecule has 0 saturated heterocycles. The SMILES string of the molecule is CCCc1ccc(Oc2ccc(NC(=O)[C@@H]3C[C@@H]3C(=O)O)cn2)c(OC)c1. The molecule has 7 heteroatoms.